The molecule has 0 bridgehead atoms. The second-order valence-corrected chi connectivity index (χ2v) is 5.77. The Hall–Kier alpha value is -0.810. The summed E-state index contributed by atoms with van der Waals surface area (Å²) in [6.07, 6.45) is -0.141. The molecule has 112 valence electrons. The largest absolute Gasteiger partial charge is 0.394 e. The van der Waals surface area contributed by atoms with E-state index in [1.54, 1.807) is 0 Å². The van der Waals surface area contributed by atoms with Crippen LogP contribution in [-0.4, -0.2) is 44.1 Å². The molecule has 5 heteroatoms. The summed E-state index contributed by atoms with van der Waals surface area (Å²) in [5, 5.41) is 13.2. The standard InChI is InChI=1S/C15H23ClN2O2/c1-10-9-20-13(8-19)7-18(10)15-5-4-12(6-14(15)16)11(2)17-3/h4-6,10-11,13,17,19H,7-9H2,1-3H3. The van der Waals surface area contributed by atoms with Crippen LogP contribution in [0.2, 0.25) is 5.02 Å². The van der Waals surface area contributed by atoms with Crippen LogP contribution in [0.15, 0.2) is 18.2 Å². The second kappa shape index (κ2) is 6.76. The van der Waals surface area contributed by atoms with Crippen molar-refractivity contribution >= 4 is 17.3 Å². The number of rotatable bonds is 4. The van der Waals surface area contributed by atoms with Crippen molar-refractivity contribution in [3.63, 3.8) is 0 Å². The van der Waals surface area contributed by atoms with Gasteiger partial charge in [0.15, 0.2) is 0 Å². The van der Waals surface area contributed by atoms with E-state index in [-0.39, 0.29) is 24.8 Å². The lowest BCUT2D eigenvalue weighted by molar-refractivity contribution is -0.0103. The van der Waals surface area contributed by atoms with Gasteiger partial charge >= 0.3 is 0 Å². The van der Waals surface area contributed by atoms with E-state index >= 15 is 0 Å². The van der Waals surface area contributed by atoms with Gasteiger partial charge in [-0.05, 0) is 38.6 Å². The van der Waals surface area contributed by atoms with E-state index in [4.69, 9.17) is 16.3 Å². The summed E-state index contributed by atoms with van der Waals surface area (Å²) in [5.41, 5.74) is 2.17. The zero-order chi connectivity index (χ0) is 14.7. The molecule has 0 radical (unpaired) electrons. The van der Waals surface area contributed by atoms with Gasteiger partial charge in [-0.1, -0.05) is 17.7 Å². The minimum atomic E-state index is -0.141. The average Bonchev–Trinajstić information content (AvgIpc) is 2.47. The monoisotopic (exact) mass is 298 g/mol. The van der Waals surface area contributed by atoms with Crippen molar-refractivity contribution in [1.29, 1.82) is 0 Å². The van der Waals surface area contributed by atoms with Crippen molar-refractivity contribution in [2.45, 2.75) is 32.0 Å². The topological polar surface area (TPSA) is 44.7 Å². The quantitative estimate of drug-likeness (QED) is 0.894. The first-order valence-corrected chi connectivity index (χ1v) is 7.40. The van der Waals surface area contributed by atoms with Crippen LogP contribution in [0.1, 0.15) is 25.5 Å². The molecule has 0 amide bonds. The molecule has 3 unspecified atom stereocenters. The summed E-state index contributed by atoms with van der Waals surface area (Å²) in [4.78, 5) is 2.21. The third-order valence-electron chi connectivity index (χ3n) is 3.92. The van der Waals surface area contributed by atoms with Crippen molar-refractivity contribution < 1.29 is 9.84 Å². The number of hydrogen-bond acceptors (Lipinski definition) is 4. The van der Waals surface area contributed by atoms with Gasteiger partial charge in [0, 0.05) is 18.6 Å². The minimum Gasteiger partial charge on any atom is -0.394 e. The number of morpholine rings is 1. The van der Waals surface area contributed by atoms with Crippen LogP contribution >= 0.6 is 11.6 Å². The van der Waals surface area contributed by atoms with Crippen LogP contribution in [0.3, 0.4) is 0 Å². The van der Waals surface area contributed by atoms with Crippen molar-refractivity contribution in [3.05, 3.63) is 28.8 Å². The van der Waals surface area contributed by atoms with E-state index in [9.17, 15) is 5.11 Å². The average molecular weight is 299 g/mol. The lowest BCUT2D eigenvalue weighted by Gasteiger charge is -2.39. The zero-order valence-electron chi connectivity index (χ0n) is 12.3. The number of hydrogen-bond donors (Lipinski definition) is 2. The number of anilines is 1. The Kier molecular flexibility index (Phi) is 5.27. The van der Waals surface area contributed by atoms with Gasteiger partial charge in [-0.2, -0.15) is 0 Å². The lowest BCUT2D eigenvalue weighted by Crippen LogP contribution is -2.49. The fourth-order valence-corrected chi connectivity index (χ4v) is 2.75. The van der Waals surface area contributed by atoms with Gasteiger partial charge in [0.2, 0.25) is 0 Å². The molecule has 1 aromatic carbocycles. The third kappa shape index (κ3) is 3.26. The van der Waals surface area contributed by atoms with Crippen molar-refractivity contribution in [2.75, 3.05) is 31.7 Å². The maximum Gasteiger partial charge on any atom is 0.0981 e. The summed E-state index contributed by atoms with van der Waals surface area (Å²) in [6.45, 7) is 5.52. The summed E-state index contributed by atoms with van der Waals surface area (Å²) >= 11 is 6.45. The third-order valence-corrected chi connectivity index (χ3v) is 4.23. The zero-order valence-corrected chi connectivity index (χ0v) is 13.0. The Morgan fingerprint density at radius 2 is 2.30 bits per heavy atom. The van der Waals surface area contributed by atoms with Crippen LogP contribution in [-0.2, 0) is 4.74 Å². The second-order valence-electron chi connectivity index (χ2n) is 5.36. The molecule has 3 atom stereocenters. The van der Waals surface area contributed by atoms with Gasteiger partial charge in [0.25, 0.3) is 0 Å². The molecule has 1 fully saturated rings. The van der Waals surface area contributed by atoms with Crippen LogP contribution in [0.4, 0.5) is 5.69 Å². The highest BCUT2D eigenvalue weighted by Gasteiger charge is 2.27. The molecule has 1 aliphatic heterocycles. The van der Waals surface area contributed by atoms with Gasteiger partial charge in [-0.25, -0.2) is 0 Å². The Bertz CT molecular complexity index is 455. The van der Waals surface area contributed by atoms with E-state index in [0.717, 1.165) is 10.7 Å². The molecule has 1 heterocycles. The number of aliphatic hydroxyl groups excluding tert-OH is 1. The fourth-order valence-electron chi connectivity index (χ4n) is 2.46. The highest BCUT2D eigenvalue weighted by molar-refractivity contribution is 6.33. The first-order chi connectivity index (χ1) is 9.56. The van der Waals surface area contributed by atoms with Gasteiger partial charge in [0.05, 0.1) is 30.0 Å². The molecule has 0 spiro atoms. The maximum atomic E-state index is 9.27. The predicted octanol–water partition coefficient (Wildman–Crippen LogP) is 2.21. The van der Waals surface area contributed by atoms with Crippen LogP contribution in [0.25, 0.3) is 0 Å². The van der Waals surface area contributed by atoms with Crippen LogP contribution in [0.5, 0.6) is 0 Å². The summed E-state index contributed by atoms with van der Waals surface area (Å²) < 4.78 is 5.57. The highest BCUT2D eigenvalue weighted by atomic mass is 35.5. The predicted molar refractivity (Wildman–Crippen MR) is 82.6 cm³/mol. The van der Waals surface area contributed by atoms with Crippen molar-refractivity contribution in [1.82, 2.24) is 5.32 Å². The van der Waals surface area contributed by atoms with Crippen LogP contribution in [0, 0.1) is 0 Å². The Morgan fingerprint density at radius 1 is 1.55 bits per heavy atom. The normalized spacial score (nSPS) is 24.8. The SMILES string of the molecule is CNC(C)c1ccc(N2CC(CO)OCC2C)c(Cl)c1. The number of aliphatic hydroxyl groups is 1. The first kappa shape index (κ1) is 15.6. The number of nitrogens with one attached hydrogen (secondary N) is 1. The molecular formula is C15H23ClN2O2. The number of nitrogens with zero attached hydrogens (tertiary/aromatic N) is 1. The smallest absolute Gasteiger partial charge is 0.0981 e. The minimum absolute atomic E-state index is 0.0374. The molecule has 1 saturated heterocycles. The Balaban J connectivity index is 2.23. The van der Waals surface area contributed by atoms with E-state index in [2.05, 4.69) is 36.2 Å². The molecule has 2 rings (SSSR count). The maximum absolute atomic E-state index is 9.27. The molecule has 1 aromatic rings. The Labute approximate surface area is 125 Å². The molecule has 1 aliphatic rings. The first-order valence-electron chi connectivity index (χ1n) is 7.02. The number of benzene rings is 1. The van der Waals surface area contributed by atoms with Gasteiger partial charge in [-0.3, -0.25) is 0 Å². The van der Waals surface area contributed by atoms with E-state index < -0.39 is 0 Å². The van der Waals surface area contributed by atoms with Crippen molar-refractivity contribution in [2.24, 2.45) is 0 Å². The lowest BCUT2D eigenvalue weighted by atomic mass is 10.1. The van der Waals surface area contributed by atoms with E-state index in [0.29, 0.717) is 13.2 Å². The van der Waals surface area contributed by atoms with Crippen molar-refractivity contribution in [3.8, 4) is 0 Å². The molecule has 0 aliphatic carbocycles. The number of halogens is 1. The summed E-state index contributed by atoms with van der Waals surface area (Å²) in [7, 11) is 1.93. The summed E-state index contributed by atoms with van der Waals surface area (Å²) in [5.74, 6) is 0. The van der Waals surface area contributed by atoms with E-state index in [1.807, 2.05) is 13.1 Å². The summed E-state index contributed by atoms with van der Waals surface area (Å²) in [6, 6.07) is 6.69. The molecular weight excluding hydrogens is 276 g/mol. The van der Waals surface area contributed by atoms with Gasteiger partial charge in [-0.15, -0.1) is 0 Å². The van der Waals surface area contributed by atoms with Gasteiger partial charge in [0.1, 0.15) is 0 Å². The molecule has 20 heavy (non-hydrogen) atoms. The van der Waals surface area contributed by atoms with E-state index in [1.165, 1.54) is 5.56 Å². The number of ether oxygens (including phenoxy) is 1. The fraction of sp³-hybridized carbons (Fsp3) is 0.600. The highest BCUT2D eigenvalue weighted by Crippen LogP contribution is 2.31. The van der Waals surface area contributed by atoms with Gasteiger partial charge < -0.3 is 20.1 Å². The molecule has 2 N–H and O–H groups in total. The molecule has 0 saturated carbocycles. The Morgan fingerprint density at radius 3 is 2.90 bits per heavy atom. The molecule has 4 nitrogen and oxygen atoms in total. The molecule has 0 aromatic heterocycles. The van der Waals surface area contributed by atoms with Crippen LogP contribution < -0.4 is 10.2 Å².